The van der Waals surface area contributed by atoms with E-state index in [1.165, 1.54) is 14.0 Å². The van der Waals surface area contributed by atoms with Crippen molar-refractivity contribution < 1.29 is 23.7 Å². The average Bonchev–Trinajstić information content (AvgIpc) is 3.02. The second-order valence-electron chi connectivity index (χ2n) is 6.49. The fraction of sp³-hybridized carbons (Fsp3) is 0.417. The lowest BCUT2D eigenvalue weighted by atomic mass is 9.96. The number of hydrogen-bond acceptors (Lipinski definition) is 6. The van der Waals surface area contributed by atoms with Gasteiger partial charge in [0.2, 0.25) is 17.1 Å². The van der Waals surface area contributed by atoms with Gasteiger partial charge in [0.25, 0.3) is 0 Å². The van der Waals surface area contributed by atoms with Gasteiger partial charge in [-0.15, -0.1) is 0 Å². The van der Waals surface area contributed by atoms with Crippen LogP contribution in [-0.2, 0) is 17.6 Å². The van der Waals surface area contributed by atoms with E-state index in [0.29, 0.717) is 23.0 Å². The van der Waals surface area contributed by atoms with E-state index in [1.54, 1.807) is 33.5 Å². The highest BCUT2D eigenvalue weighted by Crippen LogP contribution is 2.48. The Bertz CT molecular complexity index is 952. The highest BCUT2D eigenvalue weighted by molar-refractivity contribution is 5.82. The van der Waals surface area contributed by atoms with Crippen LogP contribution in [0.5, 0.6) is 23.0 Å². The number of ether oxygens (including phenoxy) is 4. The van der Waals surface area contributed by atoms with E-state index < -0.39 is 0 Å². The van der Waals surface area contributed by atoms with Crippen molar-refractivity contribution in [2.75, 3.05) is 28.4 Å². The zero-order valence-corrected chi connectivity index (χ0v) is 19.5. The molecule has 2 N–H and O–H groups in total. The SMILES string of the molecule is CC.CC(N)=O.COc1cc2c(c(OC)c1OC)-c1ccc(OC)c(=O)cc1CCC2. The van der Waals surface area contributed by atoms with Crippen LogP contribution in [-0.4, -0.2) is 34.3 Å². The van der Waals surface area contributed by atoms with Gasteiger partial charge >= 0.3 is 0 Å². The quantitative estimate of drug-likeness (QED) is 0.792. The molecule has 1 aliphatic rings. The van der Waals surface area contributed by atoms with Gasteiger partial charge in [0.1, 0.15) is 0 Å². The number of primary amides is 1. The summed E-state index contributed by atoms with van der Waals surface area (Å²) >= 11 is 0. The van der Waals surface area contributed by atoms with Gasteiger partial charge in [-0.05, 0) is 54.2 Å². The number of carbonyl (C=O) groups is 1. The maximum absolute atomic E-state index is 12.3. The van der Waals surface area contributed by atoms with Gasteiger partial charge in [-0.1, -0.05) is 19.9 Å². The predicted octanol–water partition coefficient (Wildman–Crippen LogP) is 3.75. The number of aryl methyl sites for hydroxylation is 2. The summed E-state index contributed by atoms with van der Waals surface area (Å²) in [6.45, 7) is 5.31. The molecule has 1 aliphatic carbocycles. The maximum atomic E-state index is 12.3. The molecule has 0 bridgehead atoms. The molecule has 0 heterocycles. The predicted molar refractivity (Wildman–Crippen MR) is 123 cm³/mol. The van der Waals surface area contributed by atoms with Crippen molar-refractivity contribution >= 4 is 5.91 Å². The molecule has 3 rings (SSSR count). The Hall–Kier alpha value is -3.22. The first-order chi connectivity index (χ1) is 14.9. The third-order valence-electron chi connectivity index (χ3n) is 4.59. The molecule has 0 aliphatic heterocycles. The zero-order chi connectivity index (χ0) is 23.6. The third-order valence-corrected chi connectivity index (χ3v) is 4.59. The van der Waals surface area contributed by atoms with Crippen LogP contribution in [0.25, 0.3) is 11.1 Å². The molecule has 0 saturated carbocycles. The van der Waals surface area contributed by atoms with Gasteiger partial charge in [-0.2, -0.15) is 0 Å². The van der Waals surface area contributed by atoms with Crippen LogP contribution in [0.4, 0.5) is 0 Å². The van der Waals surface area contributed by atoms with Crippen LogP contribution < -0.4 is 30.1 Å². The van der Waals surface area contributed by atoms with E-state index in [2.05, 4.69) is 5.73 Å². The van der Waals surface area contributed by atoms with Gasteiger partial charge in [-0.3, -0.25) is 9.59 Å². The van der Waals surface area contributed by atoms with Crippen molar-refractivity contribution in [1.82, 2.24) is 0 Å². The fourth-order valence-corrected chi connectivity index (χ4v) is 3.44. The molecule has 170 valence electrons. The first-order valence-electron chi connectivity index (χ1n) is 10.2. The van der Waals surface area contributed by atoms with Gasteiger partial charge in [-0.25, -0.2) is 0 Å². The topological polar surface area (TPSA) is 97.1 Å². The fourth-order valence-electron chi connectivity index (χ4n) is 3.44. The number of nitrogens with two attached hydrogens (primary N) is 1. The van der Waals surface area contributed by atoms with Gasteiger partial charge < -0.3 is 24.7 Å². The molecular formula is C24H33NO6. The van der Waals surface area contributed by atoms with Crippen molar-refractivity contribution in [1.29, 1.82) is 0 Å². The number of methoxy groups -OCH3 is 4. The highest BCUT2D eigenvalue weighted by atomic mass is 16.5. The van der Waals surface area contributed by atoms with Crippen molar-refractivity contribution in [3.63, 3.8) is 0 Å². The smallest absolute Gasteiger partial charge is 0.220 e. The molecule has 0 saturated heterocycles. The molecule has 2 aromatic carbocycles. The molecule has 2 aromatic rings. The molecule has 0 spiro atoms. The lowest BCUT2D eigenvalue weighted by Crippen LogP contribution is -2.01. The Morgan fingerprint density at radius 3 is 1.90 bits per heavy atom. The van der Waals surface area contributed by atoms with Crippen molar-refractivity contribution in [3.05, 3.63) is 45.6 Å². The van der Waals surface area contributed by atoms with Crippen LogP contribution in [0.3, 0.4) is 0 Å². The van der Waals surface area contributed by atoms with Crippen molar-refractivity contribution in [2.45, 2.75) is 40.0 Å². The second-order valence-corrected chi connectivity index (χ2v) is 6.49. The Morgan fingerprint density at radius 1 is 0.839 bits per heavy atom. The summed E-state index contributed by atoms with van der Waals surface area (Å²) in [6, 6.07) is 7.30. The van der Waals surface area contributed by atoms with Crippen molar-refractivity contribution in [3.8, 4) is 34.1 Å². The van der Waals surface area contributed by atoms with Gasteiger partial charge in [0, 0.05) is 12.5 Å². The number of rotatable bonds is 4. The molecule has 31 heavy (non-hydrogen) atoms. The molecule has 7 heteroatoms. The Labute approximate surface area is 184 Å². The monoisotopic (exact) mass is 431 g/mol. The minimum atomic E-state index is -0.333. The van der Waals surface area contributed by atoms with Gasteiger partial charge in [0.05, 0.1) is 28.4 Å². The summed E-state index contributed by atoms with van der Waals surface area (Å²) in [6.07, 6.45) is 2.62. The minimum Gasteiger partial charge on any atom is -0.493 e. The summed E-state index contributed by atoms with van der Waals surface area (Å²) < 4.78 is 21.9. The third kappa shape index (κ3) is 6.13. The number of carbonyl (C=O) groups excluding carboxylic acids is 1. The molecule has 0 atom stereocenters. The second kappa shape index (κ2) is 12.5. The Morgan fingerprint density at radius 2 is 1.39 bits per heavy atom. The summed E-state index contributed by atoms with van der Waals surface area (Å²) in [7, 11) is 6.33. The average molecular weight is 432 g/mol. The zero-order valence-electron chi connectivity index (χ0n) is 19.5. The van der Waals surface area contributed by atoms with E-state index in [0.717, 1.165) is 41.5 Å². The number of benzene rings is 1. The minimum absolute atomic E-state index is 0.119. The van der Waals surface area contributed by atoms with E-state index in [1.807, 2.05) is 26.0 Å². The number of fused-ring (bicyclic) bond motifs is 3. The van der Waals surface area contributed by atoms with Crippen LogP contribution in [0.15, 0.2) is 29.1 Å². The number of amides is 1. The summed E-state index contributed by atoms with van der Waals surface area (Å²) in [5.41, 5.74) is 8.37. The summed E-state index contributed by atoms with van der Waals surface area (Å²) in [5, 5.41) is 0. The summed E-state index contributed by atoms with van der Waals surface area (Å²) in [4.78, 5) is 21.5. The van der Waals surface area contributed by atoms with E-state index >= 15 is 0 Å². The van der Waals surface area contributed by atoms with E-state index in [4.69, 9.17) is 18.9 Å². The lowest BCUT2D eigenvalue weighted by molar-refractivity contribution is -0.115. The normalized spacial score (nSPS) is 11.1. The Balaban J connectivity index is 0.000000720. The molecule has 0 radical (unpaired) electrons. The lowest BCUT2D eigenvalue weighted by Gasteiger charge is -2.19. The van der Waals surface area contributed by atoms with E-state index in [-0.39, 0.29) is 11.3 Å². The van der Waals surface area contributed by atoms with Crippen LogP contribution in [0, 0.1) is 0 Å². The molecule has 1 amide bonds. The maximum Gasteiger partial charge on any atom is 0.220 e. The summed E-state index contributed by atoms with van der Waals surface area (Å²) in [5.74, 6) is 1.81. The highest BCUT2D eigenvalue weighted by Gasteiger charge is 2.25. The molecule has 7 nitrogen and oxygen atoms in total. The largest absolute Gasteiger partial charge is 0.493 e. The Kier molecular flexibility index (Phi) is 10.4. The number of hydrogen-bond donors (Lipinski definition) is 1. The molecular weight excluding hydrogens is 398 g/mol. The van der Waals surface area contributed by atoms with Crippen molar-refractivity contribution in [2.24, 2.45) is 5.73 Å². The molecule has 0 fully saturated rings. The van der Waals surface area contributed by atoms with Crippen LogP contribution >= 0.6 is 0 Å². The molecule has 0 unspecified atom stereocenters. The first kappa shape index (κ1) is 25.8. The first-order valence-corrected chi connectivity index (χ1v) is 10.2. The van der Waals surface area contributed by atoms with Crippen LogP contribution in [0.2, 0.25) is 0 Å². The standard InChI is InChI=1S/C20H22O5.C2H5NO.C2H6/c1-22-16-9-8-14-12(10-15(16)21)6-5-7-13-11-17(23-2)19(24-3)20(25-4)18(13)14;1-2(3)4;1-2/h8-11H,5-7H2,1-4H3;1H3,(H2,3,4);1-2H3. The molecule has 0 aromatic heterocycles. The van der Waals surface area contributed by atoms with Gasteiger partial charge in [0.15, 0.2) is 17.2 Å². The van der Waals surface area contributed by atoms with Crippen LogP contribution in [0.1, 0.15) is 38.3 Å². The van der Waals surface area contributed by atoms with E-state index in [9.17, 15) is 9.59 Å².